The number of phenols is 1. The average Bonchev–Trinajstić information content (AvgIpc) is 2.79. The van der Waals surface area contributed by atoms with Crippen LogP contribution in [0.3, 0.4) is 0 Å². The number of benzene rings is 2. The predicted molar refractivity (Wildman–Crippen MR) is 122 cm³/mol. The predicted octanol–water partition coefficient (Wildman–Crippen LogP) is 5.05. The second-order valence-electron chi connectivity index (χ2n) is 7.28. The van der Waals surface area contributed by atoms with Crippen LogP contribution in [0.2, 0.25) is 0 Å². The van der Waals surface area contributed by atoms with Crippen molar-refractivity contribution in [2.45, 2.75) is 33.3 Å². The molecule has 0 saturated heterocycles. The lowest BCUT2D eigenvalue weighted by Crippen LogP contribution is -2.04. The van der Waals surface area contributed by atoms with Gasteiger partial charge in [-0.3, -0.25) is 4.79 Å². The van der Waals surface area contributed by atoms with E-state index < -0.39 is 5.97 Å². The van der Waals surface area contributed by atoms with Crippen LogP contribution in [0.25, 0.3) is 0 Å². The molecule has 3 rings (SSSR count). The number of carbonyl (C=O) groups excluding carboxylic acids is 2. The van der Waals surface area contributed by atoms with E-state index in [1.54, 1.807) is 24.3 Å². The second kappa shape index (κ2) is 10.4. The number of hydrogen-bond acceptors (Lipinski definition) is 7. The van der Waals surface area contributed by atoms with Crippen LogP contribution < -0.4 is 10.1 Å². The molecule has 2 N–H and O–H groups in total. The van der Waals surface area contributed by atoms with Gasteiger partial charge >= 0.3 is 5.97 Å². The van der Waals surface area contributed by atoms with Gasteiger partial charge in [-0.05, 0) is 55.3 Å². The Hall–Kier alpha value is -3.87. The smallest absolute Gasteiger partial charge is 0.338 e. The number of hydrogen-bond donors (Lipinski definition) is 2. The van der Waals surface area contributed by atoms with E-state index in [2.05, 4.69) is 10.3 Å². The van der Waals surface area contributed by atoms with E-state index in [4.69, 9.17) is 9.47 Å². The summed E-state index contributed by atoms with van der Waals surface area (Å²) in [4.78, 5) is 27.7. The number of carbonyl (C=O) groups is 2. The van der Waals surface area contributed by atoms with Crippen LogP contribution in [0.15, 0.2) is 54.7 Å². The molecule has 32 heavy (non-hydrogen) atoms. The van der Waals surface area contributed by atoms with Gasteiger partial charge < -0.3 is 19.9 Å². The maximum Gasteiger partial charge on any atom is 0.338 e. The van der Waals surface area contributed by atoms with Crippen LogP contribution in [0.1, 0.15) is 52.1 Å². The van der Waals surface area contributed by atoms with Crippen LogP contribution in [0.5, 0.6) is 11.5 Å². The molecule has 0 fully saturated rings. The van der Waals surface area contributed by atoms with Crippen molar-refractivity contribution in [1.29, 1.82) is 0 Å². The van der Waals surface area contributed by atoms with Gasteiger partial charge in [0.05, 0.1) is 18.2 Å². The topological polar surface area (TPSA) is 97.8 Å². The number of aromatic hydroxyl groups is 1. The normalized spacial score (nSPS) is 10.5. The van der Waals surface area contributed by atoms with E-state index >= 15 is 0 Å². The molecule has 0 radical (unpaired) electrons. The number of ether oxygens (including phenoxy) is 2. The van der Waals surface area contributed by atoms with Crippen molar-refractivity contribution >= 4 is 23.3 Å². The quantitative estimate of drug-likeness (QED) is 0.359. The van der Waals surface area contributed by atoms with Crippen LogP contribution >= 0.6 is 0 Å². The minimum atomic E-state index is -0.431. The number of aromatic nitrogens is 1. The molecule has 7 nitrogen and oxygen atoms in total. The lowest BCUT2D eigenvalue weighted by atomic mass is 10.0. The number of rotatable bonds is 9. The van der Waals surface area contributed by atoms with E-state index in [9.17, 15) is 14.7 Å². The van der Waals surface area contributed by atoms with Crippen LogP contribution in [-0.2, 0) is 17.8 Å². The Bertz CT molecular complexity index is 1130. The summed E-state index contributed by atoms with van der Waals surface area (Å²) in [6.45, 7) is 3.71. The van der Waals surface area contributed by atoms with E-state index in [1.807, 2.05) is 31.2 Å². The molecule has 7 heteroatoms. The zero-order valence-electron chi connectivity index (χ0n) is 18.3. The first-order valence-corrected chi connectivity index (χ1v) is 10.3. The summed E-state index contributed by atoms with van der Waals surface area (Å²) in [5, 5.41) is 13.7. The molecular weight excluding hydrogens is 408 g/mol. The average molecular weight is 434 g/mol. The fraction of sp³-hybridized carbons (Fsp3) is 0.240. The first-order chi connectivity index (χ1) is 15.4. The van der Waals surface area contributed by atoms with Gasteiger partial charge in [-0.25, -0.2) is 9.78 Å². The van der Waals surface area contributed by atoms with Crippen molar-refractivity contribution < 1.29 is 24.2 Å². The monoisotopic (exact) mass is 434 g/mol. The summed E-state index contributed by atoms with van der Waals surface area (Å²) in [6, 6.07) is 14.1. The number of nitrogens with zero attached hydrogens (tertiary/aromatic N) is 1. The van der Waals surface area contributed by atoms with Gasteiger partial charge in [-0.15, -0.1) is 0 Å². The summed E-state index contributed by atoms with van der Waals surface area (Å²) in [5.74, 6) is 0.444. The first-order valence-electron chi connectivity index (χ1n) is 10.3. The van der Waals surface area contributed by atoms with Gasteiger partial charge in [0, 0.05) is 17.4 Å². The number of phenolic OH excluding ortho intramolecular Hbond substituents is 1. The molecule has 0 bridgehead atoms. The van der Waals surface area contributed by atoms with Gasteiger partial charge in [-0.1, -0.05) is 25.5 Å². The Morgan fingerprint density at radius 1 is 1.12 bits per heavy atom. The fourth-order valence-electron chi connectivity index (χ4n) is 3.32. The Morgan fingerprint density at radius 3 is 2.66 bits per heavy atom. The molecule has 2 aromatic carbocycles. The van der Waals surface area contributed by atoms with Crippen LogP contribution in [0, 0.1) is 0 Å². The first kappa shape index (κ1) is 22.8. The van der Waals surface area contributed by atoms with Gasteiger partial charge in [-0.2, -0.15) is 0 Å². The van der Waals surface area contributed by atoms with Gasteiger partial charge in [0.1, 0.15) is 23.9 Å². The maximum absolute atomic E-state index is 11.7. The number of Topliss-reactive ketones (excluding diaryl/α,β-unsaturated/α-hetero) is 1. The standard InChI is InChI=1S/C25H26N2O5/c1-4-6-21-22(10-9-20(16(2)28)24(21)29)32-15-17-7-5-8-19(13-17)27-23-14-18(11-12-26-23)25(30)31-3/h5,7-14,29H,4,6,15H2,1-3H3,(H,26,27). The maximum atomic E-state index is 11.7. The molecule has 0 aliphatic carbocycles. The highest BCUT2D eigenvalue weighted by Gasteiger charge is 2.16. The van der Waals surface area contributed by atoms with E-state index in [-0.39, 0.29) is 18.1 Å². The largest absolute Gasteiger partial charge is 0.507 e. The van der Waals surface area contributed by atoms with Crippen molar-refractivity contribution in [2.75, 3.05) is 12.4 Å². The molecular formula is C25H26N2O5. The lowest BCUT2D eigenvalue weighted by Gasteiger charge is -2.15. The molecule has 0 unspecified atom stereocenters. The number of ketones is 1. The molecule has 1 aromatic heterocycles. The third-order valence-corrected chi connectivity index (χ3v) is 4.89. The fourth-order valence-corrected chi connectivity index (χ4v) is 3.32. The van der Waals surface area contributed by atoms with Gasteiger partial charge in [0.15, 0.2) is 5.78 Å². The molecule has 0 aliphatic rings. The molecule has 0 amide bonds. The highest BCUT2D eigenvalue weighted by Crippen LogP contribution is 2.33. The SMILES string of the molecule is CCCc1c(OCc2cccc(Nc3cc(C(=O)OC)ccn3)c2)ccc(C(C)=O)c1O. The number of nitrogens with one attached hydrogen (secondary N) is 1. The Labute approximate surface area is 187 Å². The highest BCUT2D eigenvalue weighted by molar-refractivity contribution is 5.97. The molecule has 0 aliphatic heterocycles. The molecule has 0 atom stereocenters. The van der Waals surface area contributed by atoms with E-state index in [0.29, 0.717) is 34.7 Å². The summed E-state index contributed by atoms with van der Waals surface area (Å²) in [7, 11) is 1.33. The molecule has 166 valence electrons. The second-order valence-corrected chi connectivity index (χ2v) is 7.28. The Balaban J connectivity index is 1.75. The summed E-state index contributed by atoms with van der Waals surface area (Å²) in [6.07, 6.45) is 2.95. The number of esters is 1. The van der Waals surface area contributed by atoms with Gasteiger partial charge in [0.2, 0.25) is 0 Å². The van der Waals surface area contributed by atoms with E-state index in [1.165, 1.54) is 20.2 Å². The third kappa shape index (κ3) is 5.43. The van der Waals surface area contributed by atoms with Crippen LogP contribution in [-0.4, -0.2) is 29.0 Å². The van der Waals surface area contributed by atoms with E-state index in [0.717, 1.165) is 17.7 Å². The Morgan fingerprint density at radius 2 is 1.94 bits per heavy atom. The highest BCUT2D eigenvalue weighted by atomic mass is 16.5. The van der Waals surface area contributed by atoms with Crippen molar-refractivity contribution in [3.63, 3.8) is 0 Å². The molecule has 1 heterocycles. The van der Waals surface area contributed by atoms with Crippen molar-refractivity contribution in [2.24, 2.45) is 0 Å². The molecule has 0 spiro atoms. The number of pyridine rings is 1. The summed E-state index contributed by atoms with van der Waals surface area (Å²) < 4.78 is 10.7. The summed E-state index contributed by atoms with van der Waals surface area (Å²) >= 11 is 0. The molecule has 0 saturated carbocycles. The lowest BCUT2D eigenvalue weighted by molar-refractivity contribution is 0.0600. The third-order valence-electron chi connectivity index (χ3n) is 4.89. The minimum absolute atomic E-state index is 0.0103. The minimum Gasteiger partial charge on any atom is -0.507 e. The zero-order valence-corrected chi connectivity index (χ0v) is 18.3. The van der Waals surface area contributed by atoms with Gasteiger partial charge in [0.25, 0.3) is 0 Å². The number of methoxy groups -OCH3 is 1. The summed E-state index contributed by atoms with van der Waals surface area (Å²) in [5.41, 5.74) is 3.02. The van der Waals surface area contributed by atoms with Crippen molar-refractivity contribution in [1.82, 2.24) is 4.98 Å². The Kier molecular flexibility index (Phi) is 7.44. The van der Waals surface area contributed by atoms with Crippen LogP contribution in [0.4, 0.5) is 11.5 Å². The molecule has 3 aromatic rings. The van der Waals surface area contributed by atoms with Crippen molar-refractivity contribution in [3.05, 3.63) is 77.0 Å². The van der Waals surface area contributed by atoms with Crippen molar-refractivity contribution in [3.8, 4) is 11.5 Å². The zero-order chi connectivity index (χ0) is 23.1. The number of anilines is 2.